The maximum Gasteiger partial charge on any atom is 0.326 e. The SMILES string of the molecule is NCCCCC(NC(=O)C(CO)NC(=O)C(Cc1ccc(O)cc1)NC(=O)C(N)Cc1ccc(O)cc1)C(=O)O. The summed E-state index contributed by atoms with van der Waals surface area (Å²) in [5.41, 5.74) is 12.7. The van der Waals surface area contributed by atoms with E-state index < -0.39 is 54.5 Å². The van der Waals surface area contributed by atoms with E-state index >= 15 is 0 Å². The Labute approximate surface area is 231 Å². The molecule has 2 rings (SSSR count). The molecule has 13 heteroatoms. The van der Waals surface area contributed by atoms with Gasteiger partial charge in [-0.2, -0.15) is 0 Å². The van der Waals surface area contributed by atoms with Gasteiger partial charge in [0.2, 0.25) is 17.7 Å². The van der Waals surface area contributed by atoms with Crippen molar-refractivity contribution in [2.75, 3.05) is 13.2 Å². The molecule has 11 N–H and O–H groups in total. The van der Waals surface area contributed by atoms with Crippen LogP contribution < -0.4 is 27.4 Å². The summed E-state index contributed by atoms with van der Waals surface area (Å²) in [6.45, 7) is -0.463. The highest BCUT2D eigenvalue weighted by Crippen LogP contribution is 2.13. The van der Waals surface area contributed by atoms with Gasteiger partial charge in [-0.15, -0.1) is 0 Å². The Kier molecular flexibility index (Phi) is 12.8. The van der Waals surface area contributed by atoms with Crippen LogP contribution in [0.25, 0.3) is 0 Å². The Morgan fingerprint density at radius 2 is 1.18 bits per heavy atom. The lowest BCUT2D eigenvalue weighted by Gasteiger charge is -2.24. The number of phenols is 2. The zero-order valence-corrected chi connectivity index (χ0v) is 22.0. The van der Waals surface area contributed by atoms with Gasteiger partial charge in [0.1, 0.15) is 29.6 Å². The van der Waals surface area contributed by atoms with Crippen molar-refractivity contribution in [3.05, 3.63) is 59.7 Å². The minimum atomic E-state index is -1.49. The first-order valence-corrected chi connectivity index (χ1v) is 12.8. The lowest BCUT2D eigenvalue weighted by molar-refractivity contribution is -0.142. The second-order valence-corrected chi connectivity index (χ2v) is 9.34. The van der Waals surface area contributed by atoms with Gasteiger partial charge in [0.15, 0.2) is 0 Å². The summed E-state index contributed by atoms with van der Waals surface area (Å²) in [6.07, 6.45) is 1.20. The molecule has 40 heavy (non-hydrogen) atoms. The van der Waals surface area contributed by atoms with Crippen molar-refractivity contribution < 1.29 is 39.6 Å². The number of rotatable bonds is 16. The Bertz CT molecular complexity index is 1130. The predicted octanol–water partition coefficient (Wildman–Crippen LogP) is -1.13. The fourth-order valence-corrected chi connectivity index (χ4v) is 3.82. The lowest BCUT2D eigenvalue weighted by Crippen LogP contribution is -2.58. The number of benzene rings is 2. The molecule has 13 nitrogen and oxygen atoms in total. The van der Waals surface area contributed by atoms with Crippen molar-refractivity contribution in [1.82, 2.24) is 16.0 Å². The number of aliphatic hydroxyl groups excluding tert-OH is 1. The lowest BCUT2D eigenvalue weighted by atomic mass is 10.0. The summed E-state index contributed by atoms with van der Waals surface area (Å²) in [5.74, 6) is -3.60. The number of hydrogen-bond donors (Lipinski definition) is 9. The van der Waals surface area contributed by atoms with Crippen LogP contribution in [0.2, 0.25) is 0 Å². The van der Waals surface area contributed by atoms with E-state index in [0.717, 1.165) is 0 Å². The van der Waals surface area contributed by atoms with Gasteiger partial charge < -0.3 is 47.8 Å². The number of aromatic hydroxyl groups is 2. The number of nitrogens with one attached hydrogen (secondary N) is 3. The molecule has 0 aliphatic rings. The van der Waals surface area contributed by atoms with Gasteiger partial charge in [0.25, 0.3) is 0 Å². The summed E-state index contributed by atoms with van der Waals surface area (Å²) >= 11 is 0. The van der Waals surface area contributed by atoms with Crippen LogP contribution in [-0.4, -0.2) is 81.4 Å². The first kappa shape index (κ1) is 32.0. The minimum Gasteiger partial charge on any atom is -0.508 e. The Balaban J connectivity index is 2.14. The molecule has 2 aromatic rings. The van der Waals surface area contributed by atoms with Gasteiger partial charge >= 0.3 is 5.97 Å². The zero-order valence-electron chi connectivity index (χ0n) is 22.0. The second kappa shape index (κ2) is 16.0. The quantitative estimate of drug-likeness (QED) is 0.112. The third kappa shape index (κ3) is 10.5. The number of carboxylic acids is 1. The monoisotopic (exact) mass is 559 g/mol. The molecule has 2 aromatic carbocycles. The number of phenolic OH excluding ortho intramolecular Hbond substituents is 2. The highest BCUT2D eigenvalue weighted by atomic mass is 16.4. The molecule has 0 fully saturated rings. The van der Waals surface area contributed by atoms with E-state index in [1.165, 1.54) is 24.3 Å². The van der Waals surface area contributed by atoms with E-state index in [1.807, 2.05) is 0 Å². The van der Waals surface area contributed by atoms with E-state index in [-0.39, 0.29) is 30.8 Å². The smallest absolute Gasteiger partial charge is 0.326 e. The molecule has 0 aliphatic heterocycles. The molecule has 218 valence electrons. The van der Waals surface area contributed by atoms with E-state index in [1.54, 1.807) is 24.3 Å². The number of carboxylic acid groups (broad SMARTS) is 1. The molecule has 0 aromatic heterocycles. The predicted molar refractivity (Wildman–Crippen MR) is 145 cm³/mol. The third-order valence-electron chi connectivity index (χ3n) is 6.11. The molecule has 0 aliphatic carbocycles. The minimum absolute atomic E-state index is 0.00108. The first-order chi connectivity index (χ1) is 19.0. The Morgan fingerprint density at radius 3 is 1.68 bits per heavy atom. The van der Waals surface area contributed by atoms with Crippen LogP contribution in [0.5, 0.6) is 11.5 Å². The van der Waals surface area contributed by atoms with Gasteiger partial charge in [0.05, 0.1) is 12.6 Å². The highest BCUT2D eigenvalue weighted by Gasteiger charge is 2.30. The second-order valence-electron chi connectivity index (χ2n) is 9.34. The van der Waals surface area contributed by atoms with Crippen molar-refractivity contribution in [3.63, 3.8) is 0 Å². The van der Waals surface area contributed by atoms with E-state index in [4.69, 9.17) is 11.5 Å². The third-order valence-corrected chi connectivity index (χ3v) is 6.11. The summed E-state index contributed by atoms with van der Waals surface area (Å²) in [4.78, 5) is 50.4. The van der Waals surface area contributed by atoms with Crippen molar-refractivity contribution in [2.24, 2.45) is 11.5 Å². The number of nitrogens with two attached hydrogens (primary N) is 2. The van der Waals surface area contributed by atoms with Crippen LogP contribution in [0.15, 0.2) is 48.5 Å². The topological polar surface area (TPSA) is 237 Å². The van der Waals surface area contributed by atoms with Crippen molar-refractivity contribution in [1.29, 1.82) is 0 Å². The van der Waals surface area contributed by atoms with Crippen molar-refractivity contribution in [3.8, 4) is 11.5 Å². The number of carbonyl (C=O) groups excluding carboxylic acids is 3. The average Bonchev–Trinajstić information content (AvgIpc) is 2.92. The average molecular weight is 560 g/mol. The number of aliphatic hydroxyl groups is 1. The Hall–Kier alpha value is -4.20. The largest absolute Gasteiger partial charge is 0.508 e. The van der Waals surface area contributed by atoms with Gasteiger partial charge in [-0.05, 0) is 67.6 Å². The highest BCUT2D eigenvalue weighted by molar-refractivity contribution is 5.94. The molecule has 3 amide bonds. The van der Waals surface area contributed by atoms with E-state index in [9.17, 15) is 39.6 Å². The number of carbonyl (C=O) groups is 4. The van der Waals surface area contributed by atoms with Crippen LogP contribution in [0, 0.1) is 0 Å². The molecule has 0 saturated heterocycles. The first-order valence-electron chi connectivity index (χ1n) is 12.8. The Morgan fingerprint density at radius 1 is 0.700 bits per heavy atom. The molecule has 0 saturated carbocycles. The van der Waals surface area contributed by atoms with Gasteiger partial charge in [-0.1, -0.05) is 24.3 Å². The summed E-state index contributed by atoms with van der Waals surface area (Å²) < 4.78 is 0. The van der Waals surface area contributed by atoms with Gasteiger partial charge in [0, 0.05) is 6.42 Å². The molecule has 0 heterocycles. The number of hydrogen-bond acceptors (Lipinski definition) is 9. The number of unbranched alkanes of at least 4 members (excludes halogenated alkanes) is 1. The van der Waals surface area contributed by atoms with Crippen LogP contribution >= 0.6 is 0 Å². The van der Waals surface area contributed by atoms with Crippen LogP contribution in [0.3, 0.4) is 0 Å². The molecule has 4 atom stereocenters. The van der Waals surface area contributed by atoms with Crippen molar-refractivity contribution in [2.45, 2.75) is 56.3 Å². The zero-order chi connectivity index (χ0) is 29.7. The molecular formula is C27H37N5O8. The molecule has 4 unspecified atom stereocenters. The van der Waals surface area contributed by atoms with Crippen LogP contribution in [0.4, 0.5) is 0 Å². The standard InChI is InChI=1S/C27H37N5O8/c28-12-2-1-3-21(27(39)40)30-26(38)23(15-33)32-25(37)22(14-17-6-10-19(35)11-7-17)31-24(36)20(29)13-16-4-8-18(34)9-5-16/h4-11,20-23,33-35H,1-3,12-15,28-29H2,(H,30,38)(H,31,36)(H,32,37)(H,39,40). The summed E-state index contributed by atoms with van der Waals surface area (Å²) in [5, 5.41) is 45.4. The van der Waals surface area contributed by atoms with Crippen LogP contribution in [0.1, 0.15) is 30.4 Å². The van der Waals surface area contributed by atoms with Gasteiger partial charge in [-0.25, -0.2) is 4.79 Å². The summed E-state index contributed by atoms with van der Waals surface area (Å²) in [6, 6.07) is 7.01. The van der Waals surface area contributed by atoms with Crippen LogP contribution in [-0.2, 0) is 32.0 Å². The summed E-state index contributed by atoms with van der Waals surface area (Å²) in [7, 11) is 0. The molecule has 0 spiro atoms. The molecule has 0 radical (unpaired) electrons. The van der Waals surface area contributed by atoms with Gasteiger partial charge in [-0.3, -0.25) is 14.4 Å². The van der Waals surface area contributed by atoms with E-state index in [2.05, 4.69) is 16.0 Å². The molecule has 0 bridgehead atoms. The number of amides is 3. The fourth-order valence-electron chi connectivity index (χ4n) is 3.82. The maximum absolute atomic E-state index is 13.2. The fraction of sp³-hybridized carbons (Fsp3) is 0.407. The number of aliphatic carboxylic acids is 1. The van der Waals surface area contributed by atoms with Crippen molar-refractivity contribution >= 4 is 23.7 Å². The maximum atomic E-state index is 13.2. The normalized spacial score (nSPS) is 13.9. The van der Waals surface area contributed by atoms with E-state index in [0.29, 0.717) is 30.5 Å². The molecular weight excluding hydrogens is 522 g/mol.